The van der Waals surface area contributed by atoms with Crippen molar-refractivity contribution in [2.75, 3.05) is 19.7 Å². The minimum Gasteiger partial charge on any atom is -0.483 e. The molecule has 3 nitrogen and oxygen atoms in total. The van der Waals surface area contributed by atoms with Gasteiger partial charge < -0.3 is 9.64 Å². The van der Waals surface area contributed by atoms with E-state index in [0.717, 1.165) is 15.2 Å². The van der Waals surface area contributed by atoms with E-state index in [1.165, 1.54) is 4.90 Å². The molecule has 1 heterocycles. The van der Waals surface area contributed by atoms with E-state index in [1.54, 1.807) is 6.07 Å². The number of ether oxygens (including phenoxy) is 1. The number of piperidine rings is 1. The Morgan fingerprint density at radius 3 is 2.61 bits per heavy atom. The summed E-state index contributed by atoms with van der Waals surface area (Å²) in [5.74, 6) is -2.35. The van der Waals surface area contributed by atoms with Crippen molar-refractivity contribution in [3.8, 4) is 5.75 Å². The number of nitrogens with zero attached hydrogens (tertiary/aromatic N) is 1. The van der Waals surface area contributed by atoms with Gasteiger partial charge in [0.25, 0.3) is 11.8 Å². The van der Waals surface area contributed by atoms with Crippen molar-refractivity contribution >= 4 is 32.6 Å². The number of halogens is 3. The van der Waals surface area contributed by atoms with Crippen LogP contribution in [-0.4, -0.2) is 36.4 Å². The lowest BCUT2D eigenvalue weighted by atomic mass is 10.1. The average molecular weight is 384 g/mol. The molecule has 1 fully saturated rings. The summed E-state index contributed by atoms with van der Waals surface area (Å²) in [5.41, 5.74) is 0. The molecule has 2 aromatic rings. The molecule has 0 aromatic heterocycles. The standard InChI is InChI=1S/C17H16BrF2NO2/c18-16-13-4-2-1-3-12(13)5-6-14(16)23-11-15(22)21-9-7-17(19,20)8-10-21/h1-6H,7-11H2. The van der Waals surface area contributed by atoms with Gasteiger partial charge in [0, 0.05) is 25.9 Å². The first kappa shape index (κ1) is 16.2. The van der Waals surface area contributed by atoms with Gasteiger partial charge in [0.15, 0.2) is 6.61 Å². The largest absolute Gasteiger partial charge is 0.483 e. The Kier molecular flexibility index (Phi) is 4.53. The van der Waals surface area contributed by atoms with E-state index >= 15 is 0 Å². The Hall–Kier alpha value is -1.69. The van der Waals surface area contributed by atoms with Crippen LogP contribution in [-0.2, 0) is 4.79 Å². The van der Waals surface area contributed by atoms with Crippen LogP contribution in [0.5, 0.6) is 5.75 Å². The lowest BCUT2D eigenvalue weighted by Crippen LogP contribution is -2.44. The van der Waals surface area contributed by atoms with Crippen LogP contribution in [0.2, 0.25) is 0 Å². The number of likely N-dealkylation sites (tertiary alicyclic amines) is 1. The molecular formula is C17H16BrF2NO2. The van der Waals surface area contributed by atoms with E-state index in [1.807, 2.05) is 30.3 Å². The molecule has 0 spiro atoms. The number of carbonyl (C=O) groups excluding carboxylic acids is 1. The van der Waals surface area contributed by atoms with Crippen LogP contribution in [0.25, 0.3) is 10.8 Å². The molecule has 0 saturated carbocycles. The molecule has 0 bridgehead atoms. The summed E-state index contributed by atoms with van der Waals surface area (Å²) < 4.78 is 32.6. The zero-order chi connectivity index (χ0) is 16.4. The minimum absolute atomic E-state index is 0.0775. The summed E-state index contributed by atoms with van der Waals surface area (Å²) in [5, 5.41) is 2.06. The molecule has 1 amide bonds. The highest BCUT2D eigenvalue weighted by Crippen LogP contribution is 2.33. The highest BCUT2D eigenvalue weighted by Gasteiger charge is 2.35. The van der Waals surface area contributed by atoms with Crippen LogP contribution in [0.3, 0.4) is 0 Å². The average Bonchev–Trinajstić information content (AvgIpc) is 2.54. The van der Waals surface area contributed by atoms with Gasteiger partial charge in [0.2, 0.25) is 0 Å². The minimum atomic E-state index is -2.65. The molecule has 1 saturated heterocycles. The molecule has 0 unspecified atom stereocenters. The van der Waals surface area contributed by atoms with Gasteiger partial charge in [-0.25, -0.2) is 8.78 Å². The maximum absolute atomic E-state index is 13.1. The Labute approximate surface area is 141 Å². The monoisotopic (exact) mass is 383 g/mol. The van der Waals surface area contributed by atoms with E-state index < -0.39 is 5.92 Å². The molecule has 122 valence electrons. The molecule has 0 atom stereocenters. The van der Waals surface area contributed by atoms with Gasteiger partial charge in [-0.05, 0) is 32.8 Å². The highest BCUT2D eigenvalue weighted by molar-refractivity contribution is 9.10. The van der Waals surface area contributed by atoms with Crippen molar-refractivity contribution in [1.82, 2.24) is 4.90 Å². The van der Waals surface area contributed by atoms with Gasteiger partial charge in [-0.3, -0.25) is 4.79 Å². The Bertz CT molecular complexity index is 726. The molecule has 2 aromatic carbocycles. The maximum atomic E-state index is 13.1. The number of fused-ring (bicyclic) bond motifs is 1. The zero-order valence-corrected chi connectivity index (χ0v) is 14.0. The fourth-order valence-corrected chi connectivity index (χ4v) is 3.25. The van der Waals surface area contributed by atoms with Crippen LogP contribution in [0.4, 0.5) is 8.78 Å². The molecular weight excluding hydrogens is 368 g/mol. The second-order valence-electron chi connectivity index (χ2n) is 5.62. The van der Waals surface area contributed by atoms with Gasteiger partial charge in [0.1, 0.15) is 5.75 Å². The summed E-state index contributed by atoms with van der Waals surface area (Å²) in [6.07, 6.45) is -0.559. The number of amides is 1. The topological polar surface area (TPSA) is 29.5 Å². The van der Waals surface area contributed by atoms with Crippen molar-refractivity contribution in [1.29, 1.82) is 0 Å². The van der Waals surface area contributed by atoms with Gasteiger partial charge in [-0.15, -0.1) is 0 Å². The number of hydrogen-bond donors (Lipinski definition) is 0. The fourth-order valence-electron chi connectivity index (χ4n) is 2.64. The van der Waals surface area contributed by atoms with E-state index in [4.69, 9.17) is 4.74 Å². The van der Waals surface area contributed by atoms with E-state index in [-0.39, 0.29) is 38.4 Å². The van der Waals surface area contributed by atoms with Gasteiger partial charge in [-0.1, -0.05) is 30.3 Å². The predicted octanol–water partition coefficient (Wildman–Crippen LogP) is 4.24. The molecule has 0 aliphatic carbocycles. The molecule has 1 aliphatic rings. The predicted molar refractivity (Wildman–Crippen MR) is 87.9 cm³/mol. The Morgan fingerprint density at radius 1 is 1.17 bits per heavy atom. The number of hydrogen-bond acceptors (Lipinski definition) is 2. The molecule has 6 heteroatoms. The summed E-state index contributed by atoms with van der Waals surface area (Å²) >= 11 is 3.49. The van der Waals surface area contributed by atoms with Crippen LogP contribution >= 0.6 is 15.9 Å². The van der Waals surface area contributed by atoms with Crippen molar-refractivity contribution < 1.29 is 18.3 Å². The third-order valence-corrected chi connectivity index (χ3v) is 4.84. The van der Waals surface area contributed by atoms with Crippen LogP contribution in [0.15, 0.2) is 40.9 Å². The lowest BCUT2D eigenvalue weighted by molar-refractivity contribution is -0.139. The maximum Gasteiger partial charge on any atom is 0.260 e. The van der Waals surface area contributed by atoms with Crippen molar-refractivity contribution in [3.63, 3.8) is 0 Å². The summed E-state index contributed by atoms with van der Waals surface area (Å²) in [7, 11) is 0. The number of benzene rings is 2. The zero-order valence-electron chi connectivity index (χ0n) is 12.4. The summed E-state index contributed by atoms with van der Waals surface area (Å²) in [6, 6.07) is 11.5. The Morgan fingerprint density at radius 2 is 1.87 bits per heavy atom. The van der Waals surface area contributed by atoms with Crippen molar-refractivity contribution in [2.45, 2.75) is 18.8 Å². The second kappa shape index (κ2) is 6.43. The van der Waals surface area contributed by atoms with E-state index in [2.05, 4.69) is 15.9 Å². The summed E-state index contributed by atoms with van der Waals surface area (Å²) in [4.78, 5) is 13.5. The molecule has 0 radical (unpaired) electrons. The quantitative estimate of drug-likeness (QED) is 0.793. The molecule has 3 rings (SSSR count). The first-order chi connectivity index (χ1) is 11.0. The van der Waals surface area contributed by atoms with Crippen LogP contribution in [0, 0.1) is 0 Å². The third-order valence-electron chi connectivity index (χ3n) is 4.03. The molecule has 1 aliphatic heterocycles. The Balaban J connectivity index is 1.64. The smallest absolute Gasteiger partial charge is 0.260 e. The van der Waals surface area contributed by atoms with Crippen LogP contribution in [0.1, 0.15) is 12.8 Å². The number of rotatable bonds is 3. The van der Waals surface area contributed by atoms with E-state index in [0.29, 0.717) is 5.75 Å². The van der Waals surface area contributed by atoms with E-state index in [9.17, 15) is 13.6 Å². The van der Waals surface area contributed by atoms with Crippen LogP contribution < -0.4 is 4.74 Å². The highest BCUT2D eigenvalue weighted by atomic mass is 79.9. The summed E-state index contributed by atoms with van der Waals surface area (Å²) in [6.45, 7) is 0.00464. The number of alkyl halides is 2. The first-order valence-corrected chi connectivity index (χ1v) is 8.21. The van der Waals surface area contributed by atoms with Gasteiger partial charge >= 0.3 is 0 Å². The first-order valence-electron chi connectivity index (χ1n) is 7.42. The molecule has 0 N–H and O–H groups in total. The normalized spacial score (nSPS) is 17.3. The van der Waals surface area contributed by atoms with Crippen molar-refractivity contribution in [3.05, 3.63) is 40.9 Å². The number of carbonyl (C=O) groups is 1. The fraction of sp³-hybridized carbons (Fsp3) is 0.353. The van der Waals surface area contributed by atoms with Crippen molar-refractivity contribution in [2.24, 2.45) is 0 Å². The van der Waals surface area contributed by atoms with Gasteiger partial charge in [0.05, 0.1) is 4.47 Å². The van der Waals surface area contributed by atoms with Gasteiger partial charge in [-0.2, -0.15) is 0 Å². The SMILES string of the molecule is O=C(COc1ccc2ccccc2c1Br)N1CCC(F)(F)CC1. The lowest BCUT2D eigenvalue weighted by Gasteiger charge is -2.31. The second-order valence-corrected chi connectivity index (χ2v) is 6.42. The third kappa shape index (κ3) is 3.63. The molecule has 23 heavy (non-hydrogen) atoms.